The van der Waals surface area contributed by atoms with Crippen molar-refractivity contribution in [3.63, 3.8) is 0 Å². The smallest absolute Gasteiger partial charge is 0.209 e. The lowest BCUT2D eigenvalue weighted by molar-refractivity contribution is -0.135. The Morgan fingerprint density at radius 1 is 1.06 bits per heavy atom. The highest BCUT2D eigenvalue weighted by Gasteiger charge is 2.60. The largest absolute Gasteiger partial charge is 0.229 e. The quantitative estimate of drug-likeness (QED) is 0.825. The van der Waals surface area contributed by atoms with E-state index in [0.717, 1.165) is 25.2 Å². The van der Waals surface area contributed by atoms with Crippen molar-refractivity contribution in [2.75, 3.05) is 5.75 Å². The minimum Gasteiger partial charge on any atom is -0.229 e. The number of hydrogen-bond donors (Lipinski definition) is 1. The standard InChI is InChI=1S/C13H23NO2S/c1-11-3-10-4-12(2,6-11)8-13(5-10,7-11)9-17(14,15)16/h10H,3-9H2,1-2H3,(H2,14,15,16). The third-order valence-corrected chi connectivity index (χ3v) is 6.26. The van der Waals surface area contributed by atoms with Gasteiger partial charge in [0.25, 0.3) is 0 Å². The first kappa shape index (κ1) is 12.0. The maximum Gasteiger partial charge on any atom is 0.209 e. The second kappa shape index (κ2) is 3.08. The van der Waals surface area contributed by atoms with Crippen molar-refractivity contribution in [3.8, 4) is 0 Å². The number of hydrogen-bond acceptors (Lipinski definition) is 2. The summed E-state index contributed by atoms with van der Waals surface area (Å²) in [5, 5.41) is 5.32. The van der Waals surface area contributed by atoms with Gasteiger partial charge in [0.1, 0.15) is 0 Å². The summed E-state index contributed by atoms with van der Waals surface area (Å²) in [5.74, 6) is 0.949. The van der Waals surface area contributed by atoms with Crippen LogP contribution in [0.4, 0.5) is 0 Å². The van der Waals surface area contributed by atoms with E-state index in [4.69, 9.17) is 5.14 Å². The molecule has 2 atom stereocenters. The molecule has 4 rings (SSSR count). The monoisotopic (exact) mass is 257 g/mol. The topological polar surface area (TPSA) is 60.2 Å². The molecule has 2 N–H and O–H groups in total. The highest BCUT2D eigenvalue weighted by Crippen LogP contribution is 2.69. The third kappa shape index (κ3) is 2.03. The SMILES string of the molecule is CC12CC3CC(C)(C1)CC(CS(N)(=O)=O)(C3)C2. The van der Waals surface area contributed by atoms with Crippen LogP contribution in [0.3, 0.4) is 0 Å². The average molecular weight is 257 g/mol. The zero-order valence-corrected chi connectivity index (χ0v) is 11.6. The van der Waals surface area contributed by atoms with Crippen LogP contribution in [0.1, 0.15) is 52.4 Å². The Hall–Kier alpha value is -0.0900. The summed E-state index contributed by atoms with van der Waals surface area (Å²) in [4.78, 5) is 0. The predicted octanol–water partition coefficient (Wildman–Crippen LogP) is 2.27. The van der Waals surface area contributed by atoms with Crippen molar-refractivity contribution < 1.29 is 8.42 Å². The number of nitrogens with two attached hydrogens (primary N) is 1. The maximum atomic E-state index is 11.5. The molecular weight excluding hydrogens is 234 g/mol. The van der Waals surface area contributed by atoms with Crippen LogP contribution in [0.15, 0.2) is 0 Å². The van der Waals surface area contributed by atoms with Crippen LogP contribution >= 0.6 is 0 Å². The molecule has 98 valence electrons. The van der Waals surface area contributed by atoms with Crippen LogP contribution in [0.5, 0.6) is 0 Å². The van der Waals surface area contributed by atoms with Crippen LogP contribution in [0.2, 0.25) is 0 Å². The fourth-order valence-corrected chi connectivity index (χ4v) is 7.45. The third-order valence-electron chi connectivity index (χ3n) is 5.25. The van der Waals surface area contributed by atoms with Gasteiger partial charge in [-0.05, 0) is 60.7 Å². The molecule has 4 heteroatoms. The zero-order valence-electron chi connectivity index (χ0n) is 10.8. The van der Waals surface area contributed by atoms with E-state index in [0.29, 0.717) is 10.8 Å². The minimum absolute atomic E-state index is 0.00347. The van der Waals surface area contributed by atoms with Gasteiger partial charge in [0, 0.05) is 0 Å². The van der Waals surface area contributed by atoms with Crippen molar-refractivity contribution in [2.45, 2.75) is 52.4 Å². The number of primary sulfonamides is 1. The molecule has 4 saturated carbocycles. The molecule has 17 heavy (non-hydrogen) atoms. The zero-order chi connectivity index (χ0) is 12.5. The summed E-state index contributed by atoms with van der Waals surface area (Å²) in [7, 11) is -3.34. The van der Waals surface area contributed by atoms with E-state index < -0.39 is 10.0 Å². The number of sulfonamides is 1. The molecule has 0 aromatic rings. The van der Waals surface area contributed by atoms with Gasteiger partial charge in [-0.2, -0.15) is 0 Å². The molecule has 0 aromatic carbocycles. The van der Waals surface area contributed by atoms with E-state index >= 15 is 0 Å². The summed E-state index contributed by atoms with van der Waals surface area (Å²) >= 11 is 0. The summed E-state index contributed by atoms with van der Waals surface area (Å²) in [6.07, 6.45) is 7.12. The van der Waals surface area contributed by atoms with Crippen molar-refractivity contribution >= 4 is 10.0 Å². The van der Waals surface area contributed by atoms with E-state index in [2.05, 4.69) is 13.8 Å². The Morgan fingerprint density at radius 3 is 2.00 bits per heavy atom. The Kier molecular flexibility index (Phi) is 2.17. The molecule has 0 amide bonds. The molecule has 3 nitrogen and oxygen atoms in total. The first-order valence-corrected chi connectivity index (χ1v) is 8.33. The van der Waals surface area contributed by atoms with Crippen LogP contribution < -0.4 is 5.14 Å². The van der Waals surface area contributed by atoms with Gasteiger partial charge in [-0.3, -0.25) is 0 Å². The van der Waals surface area contributed by atoms with Gasteiger partial charge < -0.3 is 0 Å². The van der Waals surface area contributed by atoms with E-state index in [1.54, 1.807) is 0 Å². The first-order chi connectivity index (χ1) is 7.61. The molecule has 4 aliphatic carbocycles. The summed E-state index contributed by atoms with van der Waals surface area (Å²) in [6.45, 7) is 4.71. The first-order valence-electron chi connectivity index (χ1n) is 6.62. The van der Waals surface area contributed by atoms with E-state index in [1.807, 2.05) is 0 Å². The fourth-order valence-electron chi connectivity index (χ4n) is 6.27. The van der Waals surface area contributed by atoms with Gasteiger partial charge in [0.15, 0.2) is 0 Å². The van der Waals surface area contributed by atoms with E-state index in [9.17, 15) is 8.42 Å². The molecule has 0 aromatic heterocycles. The van der Waals surface area contributed by atoms with Gasteiger partial charge in [0.2, 0.25) is 10.0 Å². The molecule has 4 bridgehead atoms. The van der Waals surface area contributed by atoms with Crippen molar-refractivity contribution in [3.05, 3.63) is 0 Å². The summed E-state index contributed by atoms with van der Waals surface area (Å²) < 4.78 is 23.0. The highest BCUT2D eigenvalue weighted by atomic mass is 32.2. The average Bonchev–Trinajstić information content (AvgIpc) is 1.88. The summed E-state index contributed by atoms with van der Waals surface area (Å²) in [6, 6.07) is 0. The van der Waals surface area contributed by atoms with Crippen LogP contribution in [0.25, 0.3) is 0 Å². The molecule has 2 unspecified atom stereocenters. The molecule has 4 aliphatic rings. The number of rotatable bonds is 2. The molecule has 0 spiro atoms. The van der Waals surface area contributed by atoms with Gasteiger partial charge >= 0.3 is 0 Å². The Bertz CT molecular complexity index is 438. The van der Waals surface area contributed by atoms with Gasteiger partial charge in [-0.15, -0.1) is 0 Å². The summed E-state index contributed by atoms with van der Waals surface area (Å²) in [5.41, 5.74) is 0.744. The van der Waals surface area contributed by atoms with E-state index in [-0.39, 0.29) is 11.2 Å². The highest BCUT2D eigenvalue weighted by molar-refractivity contribution is 7.89. The lowest BCUT2D eigenvalue weighted by atomic mass is 9.41. The van der Waals surface area contributed by atoms with Crippen LogP contribution in [-0.2, 0) is 10.0 Å². The fraction of sp³-hybridized carbons (Fsp3) is 1.00. The molecule has 4 fully saturated rings. The lowest BCUT2D eigenvalue weighted by Gasteiger charge is -2.65. The van der Waals surface area contributed by atoms with Crippen LogP contribution in [0, 0.1) is 22.2 Å². The Labute approximate surface area is 104 Å². The van der Waals surface area contributed by atoms with Crippen LogP contribution in [-0.4, -0.2) is 14.2 Å². The van der Waals surface area contributed by atoms with Gasteiger partial charge in [-0.25, -0.2) is 13.6 Å². The second-order valence-electron chi connectivity index (χ2n) is 7.94. The van der Waals surface area contributed by atoms with Crippen molar-refractivity contribution in [1.29, 1.82) is 0 Å². The maximum absolute atomic E-state index is 11.5. The predicted molar refractivity (Wildman–Crippen MR) is 67.8 cm³/mol. The van der Waals surface area contributed by atoms with Crippen molar-refractivity contribution in [2.24, 2.45) is 27.3 Å². The molecular formula is C13H23NO2S. The normalized spacial score (nSPS) is 53.0. The molecule has 0 heterocycles. The molecule has 0 aliphatic heterocycles. The lowest BCUT2D eigenvalue weighted by Crippen LogP contribution is -2.57. The second-order valence-corrected chi connectivity index (χ2v) is 9.55. The van der Waals surface area contributed by atoms with E-state index in [1.165, 1.54) is 19.3 Å². The minimum atomic E-state index is -3.34. The Balaban J connectivity index is 1.97. The molecule has 0 radical (unpaired) electrons. The van der Waals surface area contributed by atoms with Gasteiger partial charge in [0.05, 0.1) is 5.75 Å². The Morgan fingerprint density at radius 2 is 1.59 bits per heavy atom. The molecule has 0 saturated heterocycles. The van der Waals surface area contributed by atoms with Gasteiger partial charge in [-0.1, -0.05) is 13.8 Å². The van der Waals surface area contributed by atoms with Crippen molar-refractivity contribution in [1.82, 2.24) is 0 Å².